The maximum absolute atomic E-state index is 5.18. The minimum atomic E-state index is 0.391. The normalized spacial score (nSPS) is 12.1. The zero-order chi connectivity index (χ0) is 33.2. The first-order valence-corrected chi connectivity index (χ1v) is 17.9. The third kappa shape index (κ3) is 4.75. The Labute approximate surface area is 290 Å². The van der Waals surface area contributed by atoms with Gasteiger partial charge in [0.05, 0.1) is 28.4 Å². The zero-order valence-electron chi connectivity index (χ0n) is 28.1. The van der Waals surface area contributed by atoms with Crippen molar-refractivity contribution in [3.63, 3.8) is 0 Å². The number of aromatic nitrogens is 4. The highest BCUT2D eigenvalue weighted by Gasteiger charge is 2.21. The van der Waals surface area contributed by atoms with Crippen molar-refractivity contribution < 1.29 is 0 Å². The Hall–Kier alpha value is -5.39. The van der Waals surface area contributed by atoms with Crippen LogP contribution >= 0.6 is 11.8 Å². The molecule has 0 aliphatic carbocycles. The summed E-state index contributed by atoms with van der Waals surface area (Å²) in [5.41, 5.74) is 9.68. The number of fused-ring (bicyclic) bond motifs is 9. The van der Waals surface area contributed by atoms with E-state index in [4.69, 9.17) is 9.97 Å². The topological polar surface area (TPSA) is 35.1 Å². The molecule has 238 valence electrons. The van der Waals surface area contributed by atoms with Crippen LogP contribution in [-0.4, -0.2) is 18.9 Å². The smallest absolute Gasteiger partial charge is 0.145 e. The Morgan fingerprint density at radius 1 is 0.531 bits per heavy atom. The van der Waals surface area contributed by atoms with Gasteiger partial charge in [-0.1, -0.05) is 112 Å². The molecule has 49 heavy (non-hydrogen) atoms. The van der Waals surface area contributed by atoms with Crippen LogP contribution in [0, 0.1) is 0 Å². The van der Waals surface area contributed by atoms with E-state index in [0.717, 1.165) is 33.6 Å². The van der Waals surface area contributed by atoms with E-state index in [1.54, 1.807) is 11.8 Å². The number of pyridine rings is 2. The van der Waals surface area contributed by atoms with Gasteiger partial charge in [0.15, 0.2) is 0 Å². The van der Waals surface area contributed by atoms with Crippen LogP contribution < -0.4 is 0 Å². The lowest BCUT2D eigenvalue weighted by Gasteiger charge is -2.20. The summed E-state index contributed by atoms with van der Waals surface area (Å²) >= 11 is 1.79. The Balaban J connectivity index is 1.23. The predicted molar refractivity (Wildman–Crippen MR) is 207 cm³/mol. The molecule has 5 aromatic carbocycles. The fraction of sp³-hybridized carbons (Fsp3) is 0.136. The Kier molecular flexibility index (Phi) is 7.06. The molecule has 0 saturated heterocycles. The van der Waals surface area contributed by atoms with Gasteiger partial charge in [0.2, 0.25) is 0 Å². The van der Waals surface area contributed by atoms with E-state index in [-0.39, 0.29) is 0 Å². The van der Waals surface area contributed by atoms with Gasteiger partial charge in [-0.15, -0.1) is 0 Å². The summed E-state index contributed by atoms with van der Waals surface area (Å²) in [4.78, 5) is 12.3. The van der Waals surface area contributed by atoms with Crippen LogP contribution in [0.5, 0.6) is 0 Å². The first kappa shape index (κ1) is 29.7. The van der Waals surface area contributed by atoms with Gasteiger partial charge in [-0.2, -0.15) is 0 Å². The van der Waals surface area contributed by atoms with E-state index in [1.807, 2.05) is 18.3 Å². The number of rotatable bonds is 6. The molecule has 4 nitrogen and oxygen atoms in total. The number of nitrogens with zero attached hydrogens (tertiary/aromatic N) is 4. The van der Waals surface area contributed by atoms with Gasteiger partial charge in [-0.25, -0.2) is 9.97 Å². The summed E-state index contributed by atoms with van der Waals surface area (Å²) in [5.74, 6) is 1.70. The summed E-state index contributed by atoms with van der Waals surface area (Å²) in [5, 5.41) is 6.07. The Morgan fingerprint density at radius 2 is 1.16 bits per heavy atom. The Morgan fingerprint density at radius 3 is 1.88 bits per heavy atom. The Bertz CT molecular complexity index is 2670. The third-order valence-corrected chi connectivity index (χ3v) is 10.8. The summed E-state index contributed by atoms with van der Waals surface area (Å²) in [7, 11) is 0. The van der Waals surface area contributed by atoms with Crippen LogP contribution in [0.2, 0.25) is 0 Å². The molecule has 0 atom stereocenters. The number of imidazole rings is 1. The van der Waals surface area contributed by atoms with Crippen molar-refractivity contribution in [1.82, 2.24) is 18.9 Å². The van der Waals surface area contributed by atoms with Crippen molar-refractivity contribution in [2.75, 3.05) is 0 Å². The summed E-state index contributed by atoms with van der Waals surface area (Å²) < 4.78 is 4.67. The average Bonchev–Trinajstić information content (AvgIpc) is 3.72. The highest BCUT2D eigenvalue weighted by Crippen LogP contribution is 2.42. The van der Waals surface area contributed by atoms with E-state index < -0.39 is 0 Å². The van der Waals surface area contributed by atoms with Crippen molar-refractivity contribution >= 4 is 60.9 Å². The van der Waals surface area contributed by atoms with Gasteiger partial charge in [-0.3, -0.25) is 8.97 Å². The molecule has 0 saturated carbocycles. The van der Waals surface area contributed by atoms with Crippen molar-refractivity contribution in [2.45, 2.75) is 49.3 Å². The number of hydrogen-bond donors (Lipinski definition) is 0. The van der Waals surface area contributed by atoms with Crippen molar-refractivity contribution in [1.29, 1.82) is 0 Å². The van der Waals surface area contributed by atoms with Gasteiger partial charge in [-0.05, 0) is 76.9 Å². The number of para-hydroxylation sites is 2. The molecule has 5 heteroatoms. The lowest BCUT2D eigenvalue weighted by molar-refractivity contribution is 0.836. The molecule has 0 unspecified atom stereocenters. The monoisotopic (exact) mass is 652 g/mol. The highest BCUT2D eigenvalue weighted by molar-refractivity contribution is 7.99. The molecule has 9 rings (SSSR count). The average molecular weight is 653 g/mol. The van der Waals surface area contributed by atoms with Crippen LogP contribution in [0.1, 0.15) is 50.7 Å². The largest absolute Gasteiger partial charge is 0.294 e. The maximum atomic E-state index is 5.18. The molecule has 0 spiro atoms. The van der Waals surface area contributed by atoms with Gasteiger partial charge < -0.3 is 0 Å². The molecule has 0 N–H and O–H groups in total. The number of hydrogen-bond acceptors (Lipinski definition) is 3. The molecular weight excluding hydrogens is 617 g/mol. The molecule has 0 bridgehead atoms. The predicted octanol–water partition coefficient (Wildman–Crippen LogP) is 12.2. The highest BCUT2D eigenvalue weighted by atomic mass is 32.2. The summed E-state index contributed by atoms with van der Waals surface area (Å²) in [6.07, 6.45) is 3.96. The first-order valence-electron chi connectivity index (χ1n) is 17.1. The van der Waals surface area contributed by atoms with Crippen LogP contribution in [0.15, 0.2) is 144 Å². The van der Waals surface area contributed by atoms with E-state index in [1.165, 1.54) is 53.5 Å². The molecular formula is C44H36N4S. The van der Waals surface area contributed by atoms with Gasteiger partial charge >= 0.3 is 0 Å². The molecule has 0 fully saturated rings. The summed E-state index contributed by atoms with van der Waals surface area (Å²) in [6.45, 7) is 9.15. The molecule has 0 aliphatic rings. The zero-order valence-corrected chi connectivity index (χ0v) is 28.9. The fourth-order valence-corrected chi connectivity index (χ4v) is 8.49. The lowest BCUT2D eigenvalue weighted by atomic mass is 9.87. The molecule has 9 aromatic rings. The van der Waals surface area contributed by atoms with Crippen LogP contribution in [0.25, 0.3) is 66.2 Å². The second-order valence-electron chi connectivity index (χ2n) is 13.5. The molecule has 0 aliphatic heterocycles. The number of benzene rings is 5. The van der Waals surface area contributed by atoms with Crippen LogP contribution in [0.4, 0.5) is 0 Å². The SMILES string of the molecule is CC(C)c1cccc(C(C)C)c1-c1cnc2c3cc(Sc4ccc5c6ccccc6n(-c6ccccn6)c5c4)ccc3c3ccccc3n12. The fourth-order valence-electron chi connectivity index (χ4n) is 7.59. The van der Waals surface area contributed by atoms with Crippen molar-refractivity contribution in [2.24, 2.45) is 0 Å². The standard InChI is InChI=1S/C44H36N4S/c1-27(2)31-14-11-15-32(28(3)4)43(31)41-26-46-44-37-24-29(19-21-33(37)34-12-5-8-17-39(34)48(41)44)49-30-20-22-36-35-13-6-7-16-38(35)47(40(36)25-30)42-18-9-10-23-45-42/h5-28H,1-4H3. The van der Waals surface area contributed by atoms with E-state index in [2.05, 4.69) is 152 Å². The van der Waals surface area contributed by atoms with Crippen molar-refractivity contribution in [3.05, 3.63) is 145 Å². The first-order chi connectivity index (χ1) is 24.0. The van der Waals surface area contributed by atoms with Gasteiger partial charge in [0.1, 0.15) is 11.5 Å². The van der Waals surface area contributed by atoms with E-state index in [9.17, 15) is 0 Å². The lowest BCUT2D eigenvalue weighted by Crippen LogP contribution is -2.02. The molecule has 0 amide bonds. The van der Waals surface area contributed by atoms with E-state index in [0.29, 0.717) is 11.8 Å². The minimum Gasteiger partial charge on any atom is -0.294 e. The second kappa shape index (κ2) is 11.6. The van der Waals surface area contributed by atoms with Gasteiger partial charge in [0.25, 0.3) is 0 Å². The molecule has 4 heterocycles. The van der Waals surface area contributed by atoms with Crippen LogP contribution in [-0.2, 0) is 0 Å². The van der Waals surface area contributed by atoms with Gasteiger partial charge in [0, 0.05) is 43.1 Å². The van der Waals surface area contributed by atoms with Crippen molar-refractivity contribution in [3.8, 4) is 17.1 Å². The maximum Gasteiger partial charge on any atom is 0.145 e. The second-order valence-corrected chi connectivity index (χ2v) is 14.6. The molecule has 0 radical (unpaired) electrons. The van der Waals surface area contributed by atoms with Crippen LogP contribution in [0.3, 0.4) is 0 Å². The van der Waals surface area contributed by atoms with E-state index >= 15 is 0 Å². The summed E-state index contributed by atoms with van der Waals surface area (Å²) in [6, 6.07) is 43.9. The quantitative estimate of drug-likeness (QED) is 0.168. The minimum absolute atomic E-state index is 0.391. The third-order valence-electron chi connectivity index (χ3n) is 9.82. The molecule has 4 aromatic heterocycles.